The summed E-state index contributed by atoms with van der Waals surface area (Å²) in [6.07, 6.45) is 0. The summed E-state index contributed by atoms with van der Waals surface area (Å²) in [5, 5.41) is 10.4. The van der Waals surface area contributed by atoms with E-state index in [0.29, 0.717) is 22.2 Å². The van der Waals surface area contributed by atoms with Gasteiger partial charge in [0.25, 0.3) is 5.56 Å². The van der Waals surface area contributed by atoms with Crippen LogP contribution < -0.4 is 11.3 Å². The molecule has 2 aromatic rings. The van der Waals surface area contributed by atoms with Gasteiger partial charge in [0.05, 0.1) is 11.1 Å². The molecule has 0 fully saturated rings. The van der Waals surface area contributed by atoms with Crippen LogP contribution in [0.1, 0.15) is 5.56 Å². The van der Waals surface area contributed by atoms with Crippen molar-refractivity contribution < 1.29 is 5.11 Å². The summed E-state index contributed by atoms with van der Waals surface area (Å²) in [4.78, 5) is 11.7. The number of fused-ring (bicyclic) bond motifs is 1. The highest BCUT2D eigenvalue weighted by Crippen LogP contribution is 2.26. The molecule has 0 atom stereocenters. The van der Waals surface area contributed by atoms with Crippen LogP contribution in [0.15, 0.2) is 23.0 Å². The van der Waals surface area contributed by atoms with Gasteiger partial charge in [-0.05, 0) is 25.1 Å². The van der Waals surface area contributed by atoms with Crippen LogP contribution in [0.4, 0.5) is 5.69 Å². The molecule has 4 heteroatoms. The minimum Gasteiger partial charge on any atom is -0.507 e. The summed E-state index contributed by atoms with van der Waals surface area (Å²) in [5.41, 5.74) is 7.00. The molecule has 1 aromatic heterocycles. The van der Waals surface area contributed by atoms with Crippen LogP contribution in [0.5, 0.6) is 5.75 Å². The van der Waals surface area contributed by atoms with Crippen molar-refractivity contribution in [3.05, 3.63) is 34.1 Å². The van der Waals surface area contributed by atoms with Crippen molar-refractivity contribution in [2.75, 3.05) is 5.73 Å². The molecule has 0 aliphatic heterocycles. The molecule has 0 aliphatic carbocycles. The van der Waals surface area contributed by atoms with Crippen LogP contribution in [0.25, 0.3) is 10.9 Å². The normalized spacial score (nSPS) is 10.8. The molecule has 0 spiro atoms. The summed E-state index contributed by atoms with van der Waals surface area (Å²) in [6, 6.07) is 5.09. The third kappa shape index (κ3) is 1.26. The van der Waals surface area contributed by atoms with Crippen molar-refractivity contribution in [1.82, 2.24) is 4.57 Å². The van der Waals surface area contributed by atoms with Crippen LogP contribution in [0.2, 0.25) is 0 Å². The quantitative estimate of drug-likeness (QED) is 0.632. The Morgan fingerprint density at radius 1 is 1.40 bits per heavy atom. The van der Waals surface area contributed by atoms with Gasteiger partial charge in [0.15, 0.2) is 0 Å². The van der Waals surface area contributed by atoms with Crippen molar-refractivity contribution in [3.63, 3.8) is 0 Å². The minimum absolute atomic E-state index is 0.0353. The SMILES string of the molecule is Cc1c(O)c2ccc(N)cc2n(C)c1=O. The lowest BCUT2D eigenvalue weighted by Crippen LogP contribution is -2.19. The summed E-state index contributed by atoms with van der Waals surface area (Å²) >= 11 is 0. The summed E-state index contributed by atoms with van der Waals surface area (Å²) < 4.78 is 1.49. The Kier molecular flexibility index (Phi) is 1.93. The molecule has 0 amide bonds. The molecular weight excluding hydrogens is 192 g/mol. The maximum atomic E-state index is 11.7. The van der Waals surface area contributed by atoms with Crippen LogP contribution in [-0.2, 0) is 7.05 Å². The fraction of sp³-hybridized carbons (Fsp3) is 0.182. The fourth-order valence-electron chi connectivity index (χ4n) is 1.69. The van der Waals surface area contributed by atoms with Crippen LogP contribution in [0, 0.1) is 6.92 Å². The van der Waals surface area contributed by atoms with Gasteiger partial charge in [-0.15, -0.1) is 0 Å². The number of rotatable bonds is 0. The lowest BCUT2D eigenvalue weighted by Gasteiger charge is -2.09. The Morgan fingerprint density at radius 3 is 2.73 bits per heavy atom. The van der Waals surface area contributed by atoms with Gasteiger partial charge < -0.3 is 15.4 Å². The van der Waals surface area contributed by atoms with Gasteiger partial charge in [0.1, 0.15) is 5.75 Å². The summed E-state index contributed by atoms with van der Waals surface area (Å²) in [7, 11) is 1.66. The molecule has 1 heterocycles. The average Bonchev–Trinajstić information content (AvgIpc) is 2.23. The Hall–Kier alpha value is -1.97. The molecule has 0 aliphatic rings. The number of hydrogen-bond donors (Lipinski definition) is 2. The number of nitrogens with zero attached hydrogens (tertiary/aromatic N) is 1. The molecule has 1 aromatic carbocycles. The molecule has 15 heavy (non-hydrogen) atoms. The Labute approximate surface area is 86.6 Å². The summed E-state index contributed by atoms with van der Waals surface area (Å²) in [6.45, 7) is 1.60. The lowest BCUT2D eigenvalue weighted by atomic mass is 10.1. The first-order chi connectivity index (χ1) is 7.02. The number of benzene rings is 1. The highest BCUT2D eigenvalue weighted by molar-refractivity contribution is 5.88. The second-order valence-electron chi connectivity index (χ2n) is 3.61. The predicted octanol–water partition coefficient (Wildman–Crippen LogP) is 1.13. The third-order valence-electron chi connectivity index (χ3n) is 2.62. The fourth-order valence-corrected chi connectivity index (χ4v) is 1.69. The molecule has 0 bridgehead atoms. The first kappa shape index (κ1) is 9.58. The molecule has 0 saturated carbocycles. The third-order valence-corrected chi connectivity index (χ3v) is 2.62. The van der Waals surface area contributed by atoms with Crippen molar-refractivity contribution >= 4 is 16.6 Å². The molecule has 2 rings (SSSR count). The smallest absolute Gasteiger partial charge is 0.257 e. The number of nitrogens with two attached hydrogens (primary N) is 1. The van der Waals surface area contributed by atoms with E-state index in [1.807, 2.05) is 0 Å². The monoisotopic (exact) mass is 204 g/mol. The van der Waals surface area contributed by atoms with Gasteiger partial charge in [-0.3, -0.25) is 4.79 Å². The van der Waals surface area contributed by atoms with Gasteiger partial charge >= 0.3 is 0 Å². The molecule has 0 radical (unpaired) electrons. The molecular formula is C11H12N2O2. The maximum absolute atomic E-state index is 11.7. The van der Waals surface area contributed by atoms with E-state index < -0.39 is 0 Å². The first-order valence-corrected chi connectivity index (χ1v) is 4.60. The largest absolute Gasteiger partial charge is 0.507 e. The van der Waals surface area contributed by atoms with Gasteiger partial charge in [-0.25, -0.2) is 0 Å². The Balaban J connectivity index is 3.07. The van der Waals surface area contributed by atoms with Crippen LogP contribution >= 0.6 is 0 Å². The number of hydrogen-bond acceptors (Lipinski definition) is 3. The molecule has 0 unspecified atom stereocenters. The first-order valence-electron chi connectivity index (χ1n) is 4.60. The summed E-state index contributed by atoms with van der Waals surface area (Å²) in [5.74, 6) is 0.0353. The zero-order valence-electron chi connectivity index (χ0n) is 8.61. The van der Waals surface area contributed by atoms with Crippen molar-refractivity contribution in [1.29, 1.82) is 0 Å². The second-order valence-corrected chi connectivity index (χ2v) is 3.61. The number of pyridine rings is 1. The minimum atomic E-state index is -0.203. The molecule has 78 valence electrons. The highest BCUT2D eigenvalue weighted by Gasteiger charge is 2.10. The van der Waals surface area contributed by atoms with E-state index in [1.165, 1.54) is 4.57 Å². The zero-order chi connectivity index (χ0) is 11.2. The lowest BCUT2D eigenvalue weighted by molar-refractivity contribution is 0.475. The van der Waals surface area contributed by atoms with E-state index >= 15 is 0 Å². The van der Waals surface area contributed by atoms with Gasteiger partial charge in [0, 0.05) is 18.1 Å². The van der Waals surface area contributed by atoms with Crippen molar-refractivity contribution in [2.45, 2.75) is 6.92 Å². The highest BCUT2D eigenvalue weighted by atomic mass is 16.3. The van der Waals surface area contributed by atoms with E-state index in [4.69, 9.17) is 5.73 Å². The topological polar surface area (TPSA) is 68.2 Å². The number of aromatic nitrogens is 1. The van der Waals surface area contributed by atoms with E-state index in [2.05, 4.69) is 0 Å². The van der Waals surface area contributed by atoms with E-state index in [-0.39, 0.29) is 11.3 Å². The maximum Gasteiger partial charge on any atom is 0.257 e. The Morgan fingerprint density at radius 2 is 2.07 bits per heavy atom. The standard InChI is InChI=1S/C11H12N2O2/c1-6-10(14)8-4-3-7(12)5-9(8)13(2)11(6)15/h3-5,14H,12H2,1-2H3. The van der Waals surface area contributed by atoms with Crippen molar-refractivity contribution in [3.8, 4) is 5.75 Å². The van der Waals surface area contributed by atoms with Gasteiger partial charge in [0.2, 0.25) is 0 Å². The van der Waals surface area contributed by atoms with Gasteiger partial charge in [-0.2, -0.15) is 0 Å². The molecule has 4 nitrogen and oxygen atoms in total. The van der Waals surface area contributed by atoms with E-state index in [9.17, 15) is 9.90 Å². The van der Waals surface area contributed by atoms with Gasteiger partial charge in [-0.1, -0.05) is 0 Å². The number of aromatic hydroxyl groups is 1. The van der Waals surface area contributed by atoms with Crippen LogP contribution in [0.3, 0.4) is 0 Å². The number of anilines is 1. The zero-order valence-corrected chi connectivity index (χ0v) is 8.61. The number of nitrogen functional groups attached to an aromatic ring is 1. The Bertz CT molecular complexity index is 600. The van der Waals surface area contributed by atoms with Crippen molar-refractivity contribution in [2.24, 2.45) is 7.05 Å². The predicted molar refractivity (Wildman–Crippen MR) is 60.0 cm³/mol. The average molecular weight is 204 g/mol. The molecule has 0 saturated heterocycles. The van der Waals surface area contributed by atoms with E-state index in [0.717, 1.165) is 0 Å². The molecule has 3 N–H and O–H groups in total. The van der Waals surface area contributed by atoms with Crippen LogP contribution in [-0.4, -0.2) is 9.67 Å². The number of aryl methyl sites for hydroxylation is 1. The van der Waals surface area contributed by atoms with E-state index in [1.54, 1.807) is 32.2 Å². The second kappa shape index (κ2) is 3.02.